The largest absolute Gasteiger partial charge is 0.471 e. The van der Waals surface area contributed by atoms with Crippen LogP contribution in [0.25, 0.3) is 0 Å². The third kappa shape index (κ3) is 2.51. The minimum atomic E-state index is -4.80. The van der Waals surface area contributed by atoms with Crippen LogP contribution in [0.15, 0.2) is 18.5 Å². The molecule has 0 aromatic carbocycles. The maximum atomic E-state index is 11.9. The number of nitrogens with zero attached hydrogens (tertiary/aromatic N) is 1. The molecule has 6 heteroatoms. The highest BCUT2D eigenvalue weighted by Gasteiger charge is 2.41. The molecule has 0 fully saturated rings. The van der Waals surface area contributed by atoms with Gasteiger partial charge in [0.15, 0.2) is 0 Å². The number of aromatic nitrogens is 1. The average Bonchev–Trinajstić information content (AvgIpc) is 2.53. The number of aromatic amines is 1. The third-order valence-corrected chi connectivity index (χ3v) is 1.67. The van der Waals surface area contributed by atoms with Crippen LogP contribution in [0.4, 0.5) is 13.2 Å². The fourth-order valence-electron chi connectivity index (χ4n) is 1.02. The second-order valence-corrected chi connectivity index (χ2v) is 2.88. The number of rotatable bonds is 2. The fraction of sp³-hybridized carbons (Fsp3) is 0.375. The van der Waals surface area contributed by atoms with Crippen molar-refractivity contribution in [2.45, 2.75) is 12.7 Å². The van der Waals surface area contributed by atoms with Crippen LogP contribution in [0.1, 0.15) is 5.56 Å². The zero-order chi connectivity index (χ0) is 10.8. The molecule has 0 aliphatic rings. The van der Waals surface area contributed by atoms with E-state index in [1.54, 1.807) is 18.5 Å². The first-order valence-electron chi connectivity index (χ1n) is 3.85. The highest BCUT2D eigenvalue weighted by molar-refractivity contribution is 5.81. The zero-order valence-electron chi connectivity index (χ0n) is 7.43. The first kappa shape index (κ1) is 10.6. The number of H-pyrrole nitrogens is 1. The maximum Gasteiger partial charge on any atom is 0.471 e. The highest BCUT2D eigenvalue weighted by Crippen LogP contribution is 2.18. The summed E-state index contributed by atoms with van der Waals surface area (Å²) in [7, 11) is 1.11. The number of nitrogens with one attached hydrogen (secondary N) is 1. The lowest BCUT2D eigenvalue weighted by atomic mass is 10.3. The SMILES string of the molecule is CN(Cc1cc[nH]c1)C(=O)C(F)(F)F. The van der Waals surface area contributed by atoms with Gasteiger partial charge in [0.2, 0.25) is 0 Å². The van der Waals surface area contributed by atoms with Crippen LogP contribution in [-0.2, 0) is 11.3 Å². The number of carbonyl (C=O) groups is 1. The van der Waals surface area contributed by atoms with Crippen molar-refractivity contribution in [3.63, 3.8) is 0 Å². The first-order valence-corrected chi connectivity index (χ1v) is 3.85. The van der Waals surface area contributed by atoms with E-state index < -0.39 is 12.1 Å². The molecule has 14 heavy (non-hydrogen) atoms. The summed E-state index contributed by atoms with van der Waals surface area (Å²) in [5.41, 5.74) is 0.630. The van der Waals surface area contributed by atoms with Crippen molar-refractivity contribution in [2.24, 2.45) is 0 Å². The van der Waals surface area contributed by atoms with Gasteiger partial charge in [-0.3, -0.25) is 4.79 Å². The lowest BCUT2D eigenvalue weighted by molar-refractivity contribution is -0.184. The van der Waals surface area contributed by atoms with E-state index in [-0.39, 0.29) is 6.54 Å². The summed E-state index contributed by atoms with van der Waals surface area (Å²) in [6.45, 7) is -0.0537. The van der Waals surface area contributed by atoms with Gasteiger partial charge in [0.05, 0.1) is 0 Å². The number of alkyl halides is 3. The van der Waals surface area contributed by atoms with E-state index in [1.807, 2.05) is 0 Å². The summed E-state index contributed by atoms with van der Waals surface area (Å²) in [5.74, 6) is -1.83. The molecular formula is C8H9F3N2O. The van der Waals surface area contributed by atoms with Gasteiger partial charge in [-0.05, 0) is 11.6 Å². The summed E-state index contributed by atoms with van der Waals surface area (Å²) in [5, 5.41) is 0. The molecule has 1 amide bonds. The molecule has 1 aromatic rings. The Morgan fingerprint density at radius 3 is 2.64 bits per heavy atom. The molecule has 0 spiro atoms. The molecule has 0 aliphatic carbocycles. The molecule has 0 saturated carbocycles. The molecule has 78 valence electrons. The van der Waals surface area contributed by atoms with Crippen molar-refractivity contribution in [3.05, 3.63) is 24.0 Å². The van der Waals surface area contributed by atoms with Gasteiger partial charge >= 0.3 is 12.1 Å². The van der Waals surface area contributed by atoms with E-state index in [1.165, 1.54) is 0 Å². The molecule has 1 N–H and O–H groups in total. The standard InChI is InChI=1S/C8H9F3N2O/c1-13(7(14)8(9,10)11)5-6-2-3-12-4-6/h2-4,12H,5H2,1H3. The van der Waals surface area contributed by atoms with Gasteiger partial charge in [-0.1, -0.05) is 0 Å². The van der Waals surface area contributed by atoms with Gasteiger partial charge in [0.1, 0.15) is 0 Å². The Morgan fingerprint density at radius 2 is 2.21 bits per heavy atom. The summed E-state index contributed by atoms with van der Waals surface area (Å²) in [6.07, 6.45) is -1.67. The van der Waals surface area contributed by atoms with Gasteiger partial charge in [0, 0.05) is 26.0 Å². The first-order chi connectivity index (χ1) is 6.41. The molecule has 0 bridgehead atoms. The van der Waals surface area contributed by atoms with Crippen molar-refractivity contribution in [1.82, 2.24) is 9.88 Å². The lowest BCUT2D eigenvalue weighted by Crippen LogP contribution is -2.37. The molecule has 1 rings (SSSR count). The van der Waals surface area contributed by atoms with Gasteiger partial charge in [-0.25, -0.2) is 0 Å². The normalized spacial score (nSPS) is 11.4. The van der Waals surface area contributed by atoms with E-state index in [2.05, 4.69) is 4.98 Å². The molecule has 1 heterocycles. The van der Waals surface area contributed by atoms with Gasteiger partial charge in [-0.15, -0.1) is 0 Å². The highest BCUT2D eigenvalue weighted by atomic mass is 19.4. The van der Waals surface area contributed by atoms with Crippen molar-refractivity contribution >= 4 is 5.91 Å². The second kappa shape index (κ2) is 3.73. The summed E-state index contributed by atoms with van der Waals surface area (Å²) in [4.78, 5) is 14.0. The van der Waals surface area contributed by atoms with Crippen LogP contribution < -0.4 is 0 Å². The Morgan fingerprint density at radius 1 is 1.57 bits per heavy atom. The monoisotopic (exact) mass is 206 g/mol. The maximum absolute atomic E-state index is 11.9. The Bertz CT molecular complexity index is 305. The topological polar surface area (TPSA) is 36.1 Å². The molecular weight excluding hydrogens is 197 g/mol. The van der Waals surface area contributed by atoms with E-state index in [0.717, 1.165) is 7.05 Å². The lowest BCUT2D eigenvalue weighted by Gasteiger charge is -2.17. The fourth-order valence-corrected chi connectivity index (χ4v) is 1.02. The smallest absolute Gasteiger partial charge is 0.367 e. The van der Waals surface area contributed by atoms with Crippen LogP contribution in [0.2, 0.25) is 0 Å². The van der Waals surface area contributed by atoms with Crippen LogP contribution >= 0.6 is 0 Å². The number of hydrogen-bond acceptors (Lipinski definition) is 1. The Labute approximate surface area is 78.5 Å². The Kier molecular flexibility index (Phi) is 2.83. The molecule has 0 aliphatic heterocycles. The van der Waals surface area contributed by atoms with E-state index in [9.17, 15) is 18.0 Å². The average molecular weight is 206 g/mol. The van der Waals surface area contributed by atoms with Crippen LogP contribution in [0, 0.1) is 0 Å². The van der Waals surface area contributed by atoms with Crippen molar-refractivity contribution in [1.29, 1.82) is 0 Å². The van der Waals surface area contributed by atoms with Crippen LogP contribution in [0.3, 0.4) is 0 Å². The van der Waals surface area contributed by atoms with E-state index in [0.29, 0.717) is 10.5 Å². The number of amides is 1. The van der Waals surface area contributed by atoms with Gasteiger partial charge in [0.25, 0.3) is 0 Å². The molecule has 0 saturated heterocycles. The number of hydrogen-bond donors (Lipinski definition) is 1. The Balaban J connectivity index is 2.59. The minimum Gasteiger partial charge on any atom is -0.367 e. The second-order valence-electron chi connectivity index (χ2n) is 2.88. The molecule has 0 atom stereocenters. The van der Waals surface area contributed by atoms with Crippen molar-refractivity contribution in [2.75, 3.05) is 7.05 Å². The summed E-state index contributed by atoms with van der Waals surface area (Å²) >= 11 is 0. The van der Waals surface area contributed by atoms with Crippen molar-refractivity contribution in [3.8, 4) is 0 Å². The molecule has 0 radical (unpaired) electrons. The van der Waals surface area contributed by atoms with Crippen molar-refractivity contribution < 1.29 is 18.0 Å². The predicted octanol–water partition coefficient (Wildman–Crippen LogP) is 1.54. The predicted molar refractivity (Wildman–Crippen MR) is 43.3 cm³/mol. The number of halogens is 3. The van der Waals surface area contributed by atoms with Crippen LogP contribution in [0.5, 0.6) is 0 Å². The summed E-state index contributed by atoms with van der Waals surface area (Å²) in [6, 6.07) is 1.61. The van der Waals surface area contributed by atoms with Gasteiger partial charge < -0.3 is 9.88 Å². The zero-order valence-corrected chi connectivity index (χ0v) is 7.43. The van der Waals surface area contributed by atoms with Crippen LogP contribution in [-0.4, -0.2) is 29.0 Å². The number of carbonyl (C=O) groups excluding carboxylic acids is 1. The van der Waals surface area contributed by atoms with E-state index in [4.69, 9.17) is 0 Å². The third-order valence-electron chi connectivity index (χ3n) is 1.67. The minimum absolute atomic E-state index is 0.0537. The Hall–Kier alpha value is -1.46. The quantitative estimate of drug-likeness (QED) is 0.782. The summed E-state index contributed by atoms with van der Waals surface area (Å²) < 4.78 is 35.8. The van der Waals surface area contributed by atoms with Gasteiger partial charge in [-0.2, -0.15) is 13.2 Å². The van der Waals surface area contributed by atoms with E-state index >= 15 is 0 Å². The molecule has 1 aromatic heterocycles. The molecule has 3 nitrogen and oxygen atoms in total. The molecule has 0 unspecified atom stereocenters.